The second-order valence-corrected chi connectivity index (χ2v) is 11.7. The average Bonchev–Trinajstić information content (AvgIpc) is 2.91. The van der Waals surface area contributed by atoms with Crippen LogP contribution in [0.25, 0.3) is 10.8 Å². The Hall–Kier alpha value is -3.76. The standard InChI is InChI=1S/C31H39N3O6S/c1-20-18-23(11-13-26(20)36)27(28(37)32-24-12-10-21-8-6-7-9-22(21)19-24)34(15-16-35)29(38)25(14-17-41-5)33-30(39)40-31(2,3)4/h6-13,18-19,25,27,35-36H,14-17H2,1-5H3,(H,32,37)(H,33,39). The van der Waals surface area contributed by atoms with Crippen molar-refractivity contribution in [1.29, 1.82) is 0 Å². The van der Waals surface area contributed by atoms with Crippen molar-refractivity contribution < 1.29 is 29.3 Å². The largest absolute Gasteiger partial charge is 0.508 e. The zero-order chi connectivity index (χ0) is 30.2. The van der Waals surface area contributed by atoms with E-state index in [4.69, 9.17) is 4.74 Å². The van der Waals surface area contributed by atoms with Gasteiger partial charge in [0, 0.05) is 12.2 Å². The highest BCUT2D eigenvalue weighted by Crippen LogP contribution is 2.29. The van der Waals surface area contributed by atoms with Crippen LogP contribution in [0.4, 0.5) is 10.5 Å². The number of alkyl carbamates (subject to hydrolysis) is 1. The van der Waals surface area contributed by atoms with Crippen LogP contribution < -0.4 is 10.6 Å². The number of anilines is 1. The van der Waals surface area contributed by atoms with Gasteiger partial charge in [-0.15, -0.1) is 0 Å². The first-order chi connectivity index (χ1) is 19.4. The smallest absolute Gasteiger partial charge is 0.408 e. The minimum atomic E-state index is -1.17. The van der Waals surface area contributed by atoms with Crippen molar-refractivity contribution in [3.63, 3.8) is 0 Å². The number of aryl methyl sites for hydroxylation is 1. The van der Waals surface area contributed by atoms with Gasteiger partial charge in [0.1, 0.15) is 23.4 Å². The molecule has 41 heavy (non-hydrogen) atoms. The van der Waals surface area contributed by atoms with Gasteiger partial charge in [0.05, 0.1) is 6.61 Å². The van der Waals surface area contributed by atoms with Gasteiger partial charge in [-0.1, -0.05) is 36.4 Å². The summed E-state index contributed by atoms with van der Waals surface area (Å²) in [6.45, 7) is 6.29. The predicted molar refractivity (Wildman–Crippen MR) is 163 cm³/mol. The minimum absolute atomic E-state index is 0.0481. The molecule has 3 aromatic rings. The molecule has 2 unspecified atom stereocenters. The highest BCUT2D eigenvalue weighted by molar-refractivity contribution is 7.98. The number of amides is 3. The van der Waals surface area contributed by atoms with Crippen molar-refractivity contribution in [2.24, 2.45) is 0 Å². The maximum absolute atomic E-state index is 14.0. The number of fused-ring (bicyclic) bond motifs is 1. The van der Waals surface area contributed by atoms with Gasteiger partial charge in [-0.3, -0.25) is 9.59 Å². The lowest BCUT2D eigenvalue weighted by atomic mass is 9.99. The van der Waals surface area contributed by atoms with E-state index in [-0.39, 0.29) is 18.7 Å². The molecule has 0 aliphatic carbocycles. The van der Waals surface area contributed by atoms with Crippen LogP contribution in [-0.4, -0.2) is 69.8 Å². The van der Waals surface area contributed by atoms with Gasteiger partial charge in [-0.2, -0.15) is 11.8 Å². The van der Waals surface area contributed by atoms with E-state index < -0.39 is 42.2 Å². The molecule has 0 radical (unpaired) electrons. The molecule has 3 rings (SSSR count). The summed E-state index contributed by atoms with van der Waals surface area (Å²) in [5, 5.41) is 27.7. The number of rotatable bonds is 11. The molecule has 0 saturated heterocycles. The Morgan fingerprint density at radius 3 is 2.37 bits per heavy atom. The van der Waals surface area contributed by atoms with Crippen molar-refractivity contribution in [3.8, 4) is 5.75 Å². The summed E-state index contributed by atoms with van der Waals surface area (Å²) in [4.78, 5) is 41.9. The zero-order valence-corrected chi connectivity index (χ0v) is 25.0. The van der Waals surface area contributed by atoms with E-state index in [0.29, 0.717) is 22.6 Å². The highest BCUT2D eigenvalue weighted by Gasteiger charge is 2.36. The molecule has 3 aromatic carbocycles. The number of hydrogen-bond donors (Lipinski definition) is 4. The summed E-state index contributed by atoms with van der Waals surface area (Å²) in [7, 11) is 0. The molecule has 0 heterocycles. The Bertz CT molecular complexity index is 1370. The molecule has 220 valence electrons. The normalized spacial score (nSPS) is 12.8. The number of nitrogens with zero attached hydrogens (tertiary/aromatic N) is 1. The first kappa shape index (κ1) is 31.8. The Kier molecular flexibility index (Phi) is 11.0. The minimum Gasteiger partial charge on any atom is -0.508 e. The Morgan fingerprint density at radius 2 is 1.73 bits per heavy atom. The lowest BCUT2D eigenvalue weighted by Gasteiger charge is -2.34. The summed E-state index contributed by atoms with van der Waals surface area (Å²) in [6, 6.07) is 15.8. The molecule has 0 aliphatic rings. The van der Waals surface area contributed by atoms with Crippen molar-refractivity contribution in [1.82, 2.24) is 10.2 Å². The number of phenols is 1. The number of aliphatic hydroxyl groups is 1. The lowest BCUT2D eigenvalue weighted by Crippen LogP contribution is -2.53. The summed E-state index contributed by atoms with van der Waals surface area (Å²) < 4.78 is 5.39. The van der Waals surface area contributed by atoms with Crippen molar-refractivity contribution in [3.05, 3.63) is 71.8 Å². The SMILES string of the molecule is CSCCC(NC(=O)OC(C)(C)C)C(=O)N(CCO)C(C(=O)Nc1ccc2ccccc2c1)c1ccc(O)c(C)c1. The van der Waals surface area contributed by atoms with E-state index in [2.05, 4.69) is 10.6 Å². The monoisotopic (exact) mass is 581 g/mol. The zero-order valence-electron chi connectivity index (χ0n) is 24.1. The fraction of sp³-hybridized carbons (Fsp3) is 0.387. The number of carbonyl (C=O) groups is 3. The Morgan fingerprint density at radius 1 is 1.02 bits per heavy atom. The van der Waals surface area contributed by atoms with Crippen molar-refractivity contribution >= 4 is 46.1 Å². The van der Waals surface area contributed by atoms with Gasteiger partial charge in [0.15, 0.2) is 0 Å². The molecular weight excluding hydrogens is 542 g/mol. The van der Waals surface area contributed by atoms with E-state index in [0.717, 1.165) is 10.8 Å². The number of nitrogens with one attached hydrogen (secondary N) is 2. The maximum Gasteiger partial charge on any atom is 0.408 e. The maximum atomic E-state index is 14.0. The number of benzene rings is 3. The molecule has 10 heteroatoms. The second kappa shape index (κ2) is 14.2. The van der Waals surface area contributed by atoms with Crippen LogP contribution in [-0.2, 0) is 14.3 Å². The van der Waals surface area contributed by atoms with Crippen LogP contribution in [0.5, 0.6) is 5.75 Å². The van der Waals surface area contributed by atoms with Gasteiger partial charge >= 0.3 is 6.09 Å². The molecule has 0 aromatic heterocycles. The number of aromatic hydroxyl groups is 1. The fourth-order valence-electron chi connectivity index (χ4n) is 4.42. The number of phenolic OH excluding ortho intramolecular Hbond substituents is 1. The van der Waals surface area contributed by atoms with Crippen LogP contribution in [0, 0.1) is 6.92 Å². The molecule has 3 amide bonds. The summed E-state index contributed by atoms with van der Waals surface area (Å²) in [5.74, 6) is -0.436. The molecule has 0 bridgehead atoms. The second-order valence-electron chi connectivity index (χ2n) is 10.7. The third-order valence-electron chi connectivity index (χ3n) is 6.34. The average molecular weight is 582 g/mol. The molecule has 0 fully saturated rings. The molecular formula is C31H39N3O6S. The highest BCUT2D eigenvalue weighted by atomic mass is 32.2. The number of carbonyl (C=O) groups excluding carboxylic acids is 3. The topological polar surface area (TPSA) is 128 Å². The first-order valence-corrected chi connectivity index (χ1v) is 14.8. The Balaban J connectivity index is 2.01. The molecule has 4 N–H and O–H groups in total. The summed E-state index contributed by atoms with van der Waals surface area (Å²) in [6.07, 6.45) is 1.42. The summed E-state index contributed by atoms with van der Waals surface area (Å²) >= 11 is 1.51. The molecule has 9 nitrogen and oxygen atoms in total. The number of ether oxygens (including phenoxy) is 1. The van der Waals surface area contributed by atoms with Crippen LogP contribution in [0.2, 0.25) is 0 Å². The summed E-state index contributed by atoms with van der Waals surface area (Å²) in [5.41, 5.74) is 0.735. The number of hydrogen-bond acceptors (Lipinski definition) is 7. The van der Waals surface area contributed by atoms with E-state index in [1.54, 1.807) is 45.9 Å². The van der Waals surface area contributed by atoms with Crippen LogP contribution >= 0.6 is 11.8 Å². The van der Waals surface area contributed by atoms with E-state index in [1.165, 1.54) is 22.7 Å². The van der Waals surface area contributed by atoms with Crippen molar-refractivity contribution in [2.75, 3.05) is 30.5 Å². The van der Waals surface area contributed by atoms with Crippen molar-refractivity contribution in [2.45, 2.75) is 51.8 Å². The Labute approximate surface area is 245 Å². The van der Waals surface area contributed by atoms with Gasteiger partial charge in [-0.05, 0) is 92.3 Å². The third kappa shape index (κ3) is 8.86. The van der Waals surface area contributed by atoms with Gasteiger partial charge in [-0.25, -0.2) is 4.79 Å². The quantitative estimate of drug-likeness (QED) is 0.251. The van der Waals surface area contributed by atoms with Gasteiger partial charge in [0.25, 0.3) is 5.91 Å². The van der Waals surface area contributed by atoms with Crippen LogP contribution in [0.1, 0.15) is 44.4 Å². The van der Waals surface area contributed by atoms with Crippen LogP contribution in [0.3, 0.4) is 0 Å². The molecule has 0 saturated carbocycles. The first-order valence-electron chi connectivity index (χ1n) is 13.4. The van der Waals surface area contributed by atoms with E-state index in [9.17, 15) is 24.6 Å². The van der Waals surface area contributed by atoms with Crippen LogP contribution in [0.15, 0.2) is 60.7 Å². The van der Waals surface area contributed by atoms with E-state index >= 15 is 0 Å². The fourth-order valence-corrected chi connectivity index (χ4v) is 4.89. The van der Waals surface area contributed by atoms with E-state index in [1.807, 2.05) is 42.7 Å². The van der Waals surface area contributed by atoms with Gasteiger partial charge in [0.2, 0.25) is 5.91 Å². The number of aliphatic hydroxyl groups excluding tert-OH is 1. The third-order valence-corrected chi connectivity index (χ3v) is 6.98. The van der Waals surface area contributed by atoms with Gasteiger partial charge < -0.3 is 30.5 Å². The molecule has 2 atom stereocenters. The predicted octanol–water partition coefficient (Wildman–Crippen LogP) is 5.00. The number of thioether (sulfide) groups is 1. The lowest BCUT2D eigenvalue weighted by molar-refractivity contribution is -0.141. The molecule has 0 spiro atoms. The molecule has 0 aliphatic heterocycles.